The summed E-state index contributed by atoms with van der Waals surface area (Å²) < 4.78 is 7.32. The molecule has 1 N–H and O–H groups in total. The van der Waals surface area contributed by atoms with Gasteiger partial charge in [-0.25, -0.2) is 4.98 Å². The van der Waals surface area contributed by atoms with Gasteiger partial charge in [-0.2, -0.15) is 0 Å². The van der Waals surface area contributed by atoms with Crippen molar-refractivity contribution in [3.05, 3.63) is 18.2 Å². The predicted octanol–water partition coefficient (Wildman–Crippen LogP) is 0.351. The lowest BCUT2D eigenvalue weighted by atomic mass is 10.0. The second kappa shape index (κ2) is 6.56. The first-order valence-electron chi connectivity index (χ1n) is 6.83. The number of carbonyl (C=O) groups excluding carboxylic acids is 1. The van der Waals surface area contributed by atoms with Gasteiger partial charge in [0.15, 0.2) is 0 Å². The number of piperazine rings is 1. The molecule has 6 nitrogen and oxygen atoms in total. The smallest absolute Gasteiger partial charge is 0.228 e. The summed E-state index contributed by atoms with van der Waals surface area (Å²) in [6.07, 6.45) is 4.55. The number of amides is 1. The number of aromatic nitrogens is 2. The molecule has 1 aromatic heterocycles. The van der Waals surface area contributed by atoms with Crippen molar-refractivity contribution < 1.29 is 9.53 Å². The minimum absolute atomic E-state index is 0. The highest BCUT2D eigenvalue weighted by Gasteiger charge is 2.35. The molecule has 3 rings (SSSR count). The van der Waals surface area contributed by atoms with E-state index in [0.717, 1.165) is 31.9 Å². The number of aryl methyl sites for hydroxylation is 1. The quantitative estimate of drug-likeness (QED) is 0.856. The van der Waals surface area contributed by atoms with E-state index in [1.54, 1.807) is 6.20 Å². The van der Waals surface area contributed by atoms with Crippen molar-refractivity contribution in [3.63, 3.8) is 0 Å². The highest BCUT2D eigenvalue weighted by atomic mass is 35.5. The lowest BCUT2D eigenvalue weighted by Gasteiger charge is -2.37. The topological polar surface area (TPSA) is 59.4 Å². The van der Waals surface area contributed by atoms with Crippen molar-refractivity contribution in [3.8, 4) is 0 Å². The highest BCUT2D eigenvalue weighted by molar-refractivity contribution is 5.85. The molecule has 2 unspecified atom stereocenters. The van der Waals surface area contributed by atoms with Crippen LogP contribution in [0.3, 0.4) is 0 Å². The Kier molecular flexibility index (Phi) is 5.01. The van der Waals surface area contributed by atoms with E-state index in [0.29, 0.717) is 13.2 Å². The minimum Gasteiger partial charge on any atom is -0.381 e. The number of halogens is 1. The molecule has 1 amide bonds. The van der Waals surface area contributed by atoms with Gasteiger partial charge in [0.05, 0.1) is 12.5 Å². The zero-order chi connectivity index (χ0) is 13.2. The van der Waals surface area contributed by atoms with Gasteiger partial charge in [-0.15, -0.1) is 12.4 Å². The van der Waals surface area contributed by atoms with Gasteiger partial charge in [-0.05, 0) is 6.42 Å². The van der Waals surface area contributed by atoms with Gasteiger partial charge in [0.2, 0.25) is 5.91 Å². The van der Waals surface area contributed by atoms with Crippen LogP contribution in [0.2, 0.25) is 0 Å². The van der Waals surface area contributed by atoms with E-state index in [1.165, 1.54) is 0 Å². The summed E-state index contributed by atoms with van der Waals surface area (Å²) >= 11 is 0. The molecule has 0 radical (unpaired) electrons. The number of imidazole rings is 1. The fourth-order valence-electron chi connectivity index (χ4n) is 2.86. The third-order valence-corrected chi connectivity index (χ3v) is 3.96. The van der Waals surface area contributed by atoms with Crippen molar-refractivity contribution in [2.45, 2.75) is 12.5 Å². The minimum atomic E-state index is 0. The third kappa shape index (κ3) is 2.82. The van der Waals surface area contributed by atoms with E-state index in [4.69, 9.17) is 4.74 Å². The van der Waals surface area contributed by atoms with Crippen LogP contribution in [0.1, 0.15) is 18.3 Å². The Hall–Kier alpha value is -1.11. The lowest BCUT2D eigenvalue weighted by molar-refractivity contribution is -0.139. The van der Waals surface area contributed by atoms with Crippen molar-refractivity contribution in [2.24, 2.45) is 13.0 Å². The molecule has 2 aliphatic rings. The molecule has 0 aliphatic carbocycles. The standard InChI is InChI=1S/C13H20N4O2.ClH/c1-16-5-4-15-12(16)11-8-14-3-6-17(11)13(18)10-2-7-19-9-10;/h4-5,10-11,14H,2-3,6-9H2,1H3;1H. The molecule has 0 aromatic carbocycles. The highest BCUT2D eigenvalue weighted by Crippen LogP contribution is 2.25. The van der Waals surface area contributed by atoms with Crippen LogP contribution >= 0.6 is 12.4 Å². The van der Waals surface area contributed by atoms with Crippen LogP contribution in [0, 0.1) is 5.92 Å². The zero-order valence-corrected chi connectivity index (χ0v) is 12.4. The molecule has 0 saturated carbocycles. The zero-order valence-electron chi connectivity index (χ0n) is 11.6. The average Bonchev–Trinajstić information content (AvgIpc) is 3.09. The van der Waals surface area contributed by atoms with Crippen molar-refractivity contribution in [1.82, 2.24) is 19.8 Å². The first-order chi connectivity index (χ1) is 9.27. The SMILES string of the molecule is Cl.Cn1ccnc1C1CNCCN1C(=O)C1CCOC1. The van der Waals surface area contributed by atoms with Crippen LogP contribution in [-0.2, 0) is 16.6 Å². The van der Waals surface area contributed by atoms with Gasteiger partial charge in [-0.3, -0.25) is 4.79 Å². The molecule has 3 heterocycles. The van der Waals surface area contributed by atoms with Crippen molar-refractivity contribution in [1.29, 1.82) is 0 Å². The fourth-order valence-corrected chi connectivity index (χ4v) is 2.86. The molecule has 2 atom stereocenters. The fraction of sp³-hybridized carbons (Fsp3) is 0.692. The second-order valence-corrected chi connectivity index (χ2v) is 5.21. The Bertz CT molecular complexity index is 459. The second-order valence-electron chi connectivity index (χ2n) is 5.21. The molecule has 2 saturated heterocycles. The molecular formula is C13H21ClN4O2. The third-order valence-electron chi connectivity index (χ3n) is 3.96. The number of hydrogen-bond acceptors (Lipinski definition) is 4. The summed E-state index contributed by atoms with van der Waals surface area (Å²) in [5, 5.41) is 3.35. The van der Waals surface area contributed by atoms with Crippen LogP contribution in [0.4, 0.5) is 0 Å². The maximum Gasteiger partial charge on any atom is 0.228 e. The Morgan fingerprint density at radius 1 is 1.55 bits per heavy atom. The molecule has 1 aromatic rings. The van der Waals surface area contributed by atoms with Gasteiger partial charge < -0.3 is 19.5 Å². The van der Waals surface area contributed by atoms with Gasteiger partial charge in [0, 0.05) is 45.7 Å². The Balaban J connectivity index is 0.00000147. The van der Waals surface area contributed by atoms with E-state index < -0.39 is 0 Å². The first kappa shape index (κ1) is 15.3. The first-order valence-corrected chi connectivity index (χ1v) is 6.83. The van der Waals surface area contributed by atoms with Crippen LogP contribution in [0.5, 0.6) is 0 Å². The number of nitrogens with one attached hydrogen (secondary N) is 1. The van der Waals surface area contributed by atoms with Crippen LogP contribution in [-0.4, -0.2) is 53.2 Å². The molecular weight excluding hydrogens is 280 g/mol. The molecule has 0 spiro atoms. The van der Waals surface area contributed by atoms with E-state index in [-0.39, 0.29) is 30.3 Å². The summed E-state index contributed by atoms with van der Waals surface area (Å²) in [5.41, 5.74) is 0. The summed E-state index contributed by atoms with van der Waals surface area (Å²) in [6.45, 7) is 3.63. The van der Waals surface area contributed by atoms with Crippen molar-refractivity contribution in [2.75, 3.05) is 32.8 Å². The predicted molar refractivity (Wildman–Crippen MR) is 76.7 cm³/mol. The van der Waals surface area contributed by atoms with Gasteiger partial charge in [0.1, 0.15) is 11.9 Å². The van der Waals surface area contributed by atoms with E-state index >= 15 is 0 Å². The largest absolute Gasteiger partial charge is 0.381 e. The average molecular weight is 301 g/mol. The van der Waals surface area contributed by atoms with Gasteiger partial charge >= 0.3 is 0 Å². The number of ether oxygens (including phenoxy) is 1. The van der Waals surface area contributed by atoms with Crippen molar-refractivity contribution >= 4 is 18.3 Å². The van der Waals surface area contributed by atoms with Crippen LogP contribution in [0.25, 0.3) is 0 Å². The number of carbonyl (C=O) groups is 1. The summed E-state index contributed by atoms with van der Waals surface area (Å²) in [6, 6.07) is 0.0295. The number of hydrogen-bond donors (Lipinski definition) is 1. The van der Waals surface area contributed by atoms with Gasteiger partial charge in [0.25, 0.3) is 0 Å². The summed E-state index contributed by atoms with van der Waals surface area (Å²) in [7, 11) is 1.97. The van der Waals surface area contributed by atoms with E-state index in [9.17, 15) is 4.79 Å². The number of rotatable bonds is 2. The molecule has 2 fully saturated rings. The molecule has 20 heavy (non-hydrogen) atoms. The molecule has 0 bridgehead atoms. The summed E-state index contributed by atoms with van der Waals surface area (Å²) in [5.74, 6) is 1.19. The number of nitrogens with zero attached hydrogens (tertiary/aromatic N) is 3. The van der Waals surface area contributed by atoms with E-state index in [1.807, 2.05) is 22.7 Å². The maximum absolute atomic E-state index is 12.6. The van der Waals surface area contributed by atoms with Crippen LogP contribution in [0.15, 0.2) is 12.4 Å². The Labute approximate surface area is 124 Å². The van der Waals surface area contributed by atoms with Gasteiger partial charge in [-0.1, -0.05) is 0 Å². The normalized spacial score (nSPS) is 26.4. The summed E-state index contributed by atoms with van der Waals surface area (Å²) in [4.78, 5) is 19.0. The van der Waals surface area contributed by atoms with Crippen LogP contribution < -0.4 is 5.32 Å². The van der Waals surface area contributed by atoms with E-state index in [2.05, 4.69) is 10.3 Å². The molecule has 2 aliphatic heterocycles. The molecule has 7 heteroatoms. The Morgan fingerprint density at radius 3 is 3.05 bits per heavy atom. The lowest BCUT2D eigenvalue weighted by Crippen LogP contribution is -2.51. The molecule has 112 valence electrons. The monoisotopic (exact) mass is 300 g/mol. The Morgan fingerprint density at radius 2 is 2.40 bits per heavy atom. The maximum atomic E-state index is 12.6.